The summed E-state index contributed by atoms with van der Waals surface area (Å²) in [6.07, 6.45) is -4.98. The van der Waals surface area contributed by atoms with Gasteiger partial charge in [0, 0.05) is 19.2 Å². The predicted octanol–water partition coefficient (Wildman–Crippen LogP) is 5.17. The van der Waals surface area contributed by atoms with Crippen molar-refractivity contribution in [3.8, 4) is 11.5 Å². The summed E-state index contributed by atoms with van der Waals surface area (Å²) < 4.78 is 47.3. The van der Waals surface area contributed by atoms with E-state index in [2.05, 4.69) is 0 Å². The van der Waals surface area contributed by atoms with Crippen LogP contribution in [0.15, 0.2) is 48.5 Å². The molecule has 0 fully saturated rings. The average molecular weight is 408 g/mol. The lowest BCUT2D eigenvalue weighted by molar-refractivity contribution is -0.385. The van der Waals surface area contributed by atoms with Gasteiger partial charge in [-0.3, -0.25) is 10.1 Å². The second kappa shape index (κ2) is 7.82. The van der Waals surface area contributed by atoms with E-state index in [1.807, 2.05) is 0 Å². The van der Waals surface area contributed by atoms with Crippen LogP contribution < -0.4 is 4.74 Å². The number of alkyl halides is 3. The first kappa shape index (κ1) is 20.2. The molecule has 0 saturated heterocycles. The Balaban J connectivity index is 2.17. The molecule has 152 valence electrons. The van der Waals surface area contributed by atoms with Crippen LogP contribution in [0.3, 0.4) is 0 Å². The van der Waals surface area contributed by atoms with Crippen molar-refractivity contribution in [1.82, 2.24) is 4.90 Å². The van der Waals surface area contributed by atoms with Gasteiger partial charge in [0.2, 0.25) is 0 Å². The van der Waals surface area contributed by atoms with E-state index in [0.29, 0.717) is 0 Å². The molecule has 0 radical (unpaired) electrons. The Bertz CT molecular complexity index is 974. The number of benzene rings is 2. The van der Waals surface area contributed by atoms with Gasteiger partial charge in [-0.05, 0) is 30.2 Å². The second-order valence-electron chi connectivity index (χ2n) is 6.21. The Morgan fingerprint density at radius 1 is 1.17 bits per heavy atom. The fourth-order valence-corrected chi connectivity index (χ4v) is 3.10. The Morgan fingerprint density at radius 2 is 1.86 bits per heavy atom. The average Bonchev–Trinajstić information content (AvgIpc) is 2.67. The maximum Gasteiger partial charge on any atom is 0.420 e. The third-order valence-electron chi connectivity index (χ3n) is 4.40. The number of hydrogen-bond acceptors (Lipinski definition) is 4. The quantitative estimate of drug-likeness (QED) is 0.556. The molecule has 0 spiro atoms. The summed E-state index contributed by atoms with van der Waals surface area (Å²) in [4.78, 5) is 22.6. The van der Waals surface area contributed by atoms with Crippen LogP contribution in [-0.4, -0.2) is 34.1 Å². The molecule has 7 nitrogen and oxygen atoms in total. The maximum absolute atomic E-state index is 14.0. The van der Waals surface area contributed by atoms with Crippen LogP contribution in [0.2, 0.25) is 0 Å². The zero-order chi connectivity index (χ0) is 21.2. The molecule has 29 heavy (non-hydrogen) atoms. The molecule has 1 aliphatic rings. The normalized spacial score (nSPS) is 14.3. The van der Waals surface area contributed by atoms with E-state index >= 15 is 0 Å². The number of nitro benzene ring substituents is 1. The summed E-state index contributed by atoms with van der Waals surface area (Å²) in [5.74, 6) is -0.418. The van der Waals surface area contributed by atoms with Crippen LogP contribution in [0.4, 0.5) is 23.7 Å². The van der Waals surface area contributed by atoms with Crippen LogP contribution in [0.1, 0.15) is 17.5 Å². The summed E-state index contributed by atoms with van der Waals surface area (Å²) in [5.41, 5.74) is -2.51. The lowest BCUT2D eigenvalue weighted by atomic mass is 9.92. The molecule has 3 rings (SSSR count). The standard InChI is InChI=1S/C19H15F3N2O5/c20-19(21,22)17-15(29-13-4-2-1-3-5-13)7-6-14(24(27)28)16(17)12-8-10-23(11-9-12)18(25)26/h1-8H,9-11H2,(H,25,26). The van der Waals surface area contributed by atoms with E-state index in [4.69, 9.17) is 9.84 Å². The first-order valence-electron chi connectivity index (χ1n) is 8.47. The molecule has 1 N–H and O–H groups in total. The Labute approximate surface area is 162 Å². The lowest BCUT2D eigenvalue weighted by Crippen LogP contribution is -2.33. The number of carbonyl (C=O) groups is 1. The van der Waals surface area contributed by atoms with Crippen LogP contribution in [0.25, 0.3) is 5.57 Å². The molecular formula is C19H15F3N2O5. The Hall–Kier alpha value is -3.56. The van der Waals surface area contributed by atoms with Crippen molar-refractivity contribution in [3.63, 3.8) is 0 Å². The number of ether oxygens (including phenoxy) is 1. The van der Waals surface area contributed by atoms with Gasteiger partial charge >= 0.3 is 12.3 Å². The summed E-state index contributed by atoms with van der Waals surface area (Å²) in [6, 6.07) is 9.65. The minimum atomic E-state index is -4.93. The zero-order valence-electron chi connectivity index (χ0n) is 14.8. The van der Waals surface area contributed by atoms with Crippen molar-refractivity contribution in [1.29, 1.82) is 0 Å². The minimum Gasteiger partial charge on any atom is -0.465 e. The number of nitro groups is 1. The molecule has 1 amide bonds. The van der Waals surface area contributed by atoms with E-state index in [1.54, 1.807) is 18.2 Å². The molecule has 1 aliphatic heterocycles. The molecule has 0 aliphatic carbocycles. The highest BCUT2D eigenvalue weighted by Gasteiger charge is 2.42. The zero-order valence-corrected chi connectivity index (χ0v) is 14.8. The Morgan fingerprint density at radius 3 is 2.38 bits per heavy atom. The van der Waals surface area contributed by atoms with Crippen molar-refractivity contribution in [2.45, 2.75) is 12.6 Å². The number of halogens is 3. The van der Waals surface area contributed by atoms with Crippen LogP contribution >= 0.6 is 0 Å². The summed E-state index contributed by atoms with van der Waals surface area (Å²) in [7, 11) is 0. The fraction of sp³-hybridized carbons (Fsp3) is 0.211. The summed E-state index contributed by atoms with van der Waals surface area (Å²) >= 11 is 0. The smallest absolute Gasteiger partial charge is 0.420 e. The van der Waals surface area contributed by atoms with E-state index in [0.717, 1.165) is 17.0 Å². The van der Waals surface area contributed by atoms with Crippen molar-refractivity contribution in [3.05, 3.63) is 69.8 Å². The number of amides is 1. The van der Waals surface area contributed by atoms with Gasteiger partial charge in [-0.15, -0.1) is 0 Å². The van der Waals surface area contributed by atoms with Gasteiger partial charge < -0.3 is 14.7 Å². The van der Waals surface area contributed by atoms with Crippen molar-refractivity contribution >= 4 is 17.4 Å². The molecule has 0 atom stereocenters. The lowest BCUT2D eigenvalue weighted by Gasteiger charge is -2.26. The van der Waals surface area contributed by atoms with E-state index in [9.17, 15) is 28.1 Å². The third-order valence-corrected chi connectivity index (χ3v) is 4.40. The molecule has 10 heteroatoms. The van der Waals surface area contributed by atoms with Gasteiger partial charge in [-0.25, -0.2) is 4.79 Å². The number of para-hydroxylation sites is 1. The van der Waals surface area contributed by atoms with Gasteiger partial charge in [-0.2, -0.15) is 13.2 Å². The third kappa shape index (κ3) is 4.31. The number of hydrogen-bond donors (Lipinski definition) is 1. The van der Waals surface area contributed by atoms with Crippen LogP contribution in [0, 0.1) is 10.1 Å². The molecule has 0 unspecified atom stereocenters. The van der Waals surface area contributed by atoms with Gasteiger partial charge in [0.1, 0.15) is 17.1 Å². The topological polar surface area (TPSA) is 92.9 Å². The molecule has 2 aromatic rings. The predicted molar refractivity (Wildman–Crippen MR) is 96.8 cm³/mol. The van der Waals surface area contributed by atoms with Gasteiger partial charge in [0.15, 0.2) is 0 Å². The highest BCUT2D eigenvalue weighted by molar-refractivity contribution is 5.80. The highest BCUT2D eigenvalue weighted by atomic mass is 19.4. The summed E-state index contributed by atoms with van der Waals surface area (Å²) in [5, 5.41) is 20.5. The first-order valence-corrected chi connectivity index (χ1v) is 8.47. The van der Waals surface area contributed by atoms with Crippen LogP contribution in [0.5, 0.6) is 11.5 Å². The monoisotopic (exact) mass is 408 g/mol. The molecular weight excluding hydrogens is 393 g/mol. The SMILES string of the molecule is O=C(O)N1CC=C(c2c([N+](=O)[O-])ccc(Oc3ccccc3)c2C(F)(F)F)CC1. The van der Waals surface area contributed by atoms with Crippen molar-refractivity contribution < 1.29 is 32.7 Å². The minimum absolute atomic E-state index is 0.0556. The fourth-order valence-electron chi connectivity index (χ4n) is 3.10. The van der Waals surface area contributed by atoms with Gasteiger partial charge in [-0.1, -0.05) is 24.3 Å². The molecule has 0 aromatic heterocycles. The van der Waals surface area contributed by atoms with Gasteiger partial charge in [0.25, 0.3) is 5.69 Å². The highest BCUT2D eigenvalue weighted by Crippen LogP contribution is 2.47. The van der Waals surface area contributed by atoms with E-state index in [1.165, 1.54) is 18.2 Å². The molecule has 0 bridgehead atoms. The van der Waals surface area contributed by atoms with Crippen molar-refractivity contribution in [2.24, 2.45) is 0 Å². The van der Waals surface area contributed by atoms with Crippen molar-refractivity contribution in [2.75, 3.05) is 13.1 Å². The number of carboxylic acid groups (broad SMARTS) is 1. The van der Waals surface area contributed by atoms with Gasteiger partial charge in [0.05, 0.1) is 10.5 Å². The molecule has 0 saturated carbocycles. The largest absolute Gasteiger partial charge is 0.465 e. The number of nitrogens with zero attached hydrogens (tertiary/aromatic N) is 2. The number of rotatable bonds is 4. The second-order valence-corrected chi connectivity index (χ2v) is 6.21. The Kier molecular flexibility index (Phi) is 5.44. The van der Waals surface area contributed by atoms with Crippen LogP contribution in [-0.2, 0) is 6.18 Å². The first-order chi connectivity index (χ1) is 13.7. The van der Waals surface area contributed by atoms with E-state index in [-0.39, 0.29) is 30.8 Å². The molecule has 1 heterocycles. The summed E-state index contributed by atoms with van der Waals surface area (Å²) in [6.45, 7) is -0.234. The molecule has 2 aromatic carbocycles. The maximum atomic E-state index is 14.0. The van der Waals surface area contributed by atoms with E-state index < -0.39 is 39.8 Å².